The lowest BCUT2D eigenvalue weighted by Gasteiger charge is -2.17. The first-order valence-electron chi connectivity index (χ1n) is 7.25. The number of ether oxygens (including phenoxy) is 1. The van der Waals surface area contributed by atoms with E-state index < -0.39 is 0 Å². The van der Waals surface area contributed by atoms with Crippen molar-refractivity contribution in [3.63, 3.8) is 0 Å². The van der Waals surface area contributed by atoms with Crippen LogP contribution in [-0.4, -0.2) is 36.3 Å². The summed E-state index contributed by atoms with van der Waals surface area (Å²) in [5.74, 6) is 1.05. The first-order chi connectivity index (χ1) is 10.4. The van der Waals surface area contributed by atoms with Crippen molar-refractivity contribution in [1.29, 1.82) is 0 Å². The Morgan fingerprint density at radius 2 is 1.59 bits per heavy atom. The third-order valence-corrected chi connectivity index (χ3v) is 3.79. The zero-order chi connectivity index (χ0) is 16.3. The van der Waals surface area contributed by atoms with Crippen molar-refractivity contribution in [2.75, 3.05) is 21.2 Å². The van der Waals surface area contributed by atoms with Crippen molar-refractivity contribution in [1.82, 2.24) is 4.90 Å². The molecule has 22 heavy (non-hydrogen) atoms. The summed E-state index contributed by atoms with van der Waals surface area (Å²) < 4.78 is 5.17. The first kappa shape index (κ1) is 16.2. The molecule has 0 fully saturated rings. The Bertz CT molecular complexity index is 653. The summed E-state index contributed by atoms with van der Waals surface area (Å²) in [4.78, 5) is 2.02. The maximum Gasteiger partial charge on any atom is 0.160 e. The monoisotopic (exact) mass is 301 g/mol. The Balaban J connectivity index is 2.34. The van der Waals surface area contributed by atoms with Crippen LogP contribution in [0.1, 0.15) is 29.5 Å². The van der Waals surface area contributed by atoms with Crippen LogP contribution in [0.4, 0.5) is 0 Å². The number of benzene rings is 2. The summed E-state index contributed by atoms with van der Waals surface area (Å²) >= 11 is 0. The average Bonchev–Trinajstić information content (AvgIpc) is 2.49. The van der Waals surface area contributed by atoms with Crippen LogP contribution in [-0.2, 0) is 6.54 Å². The van der Waals surface area contributed by atoms with Crippen LogP contribution in [0.5, 0.6) is 17.2 Å². The number of nitrogens with zero attached hydrogens (tertiary/aromatic N) is 1. The second kappa shape index (κ2) is 6.71. The van der Waals surface area contributed by atoms with Gasteiger partial charge in [-0.15, -0.1) is 0 Å². The summed E-state index contributed by atoms with van der Waals surface area (Å²) in [6, 6.07) is 11.1. The number of aromatic hydroxyl groups is 2. The summed E-state index contributed by atoms with van der Waals surface area (Å²) in [7, 11) is 5.49. The standard InChI is InChI=1S/C18H23NO3/c1-12(14-6-8-17(21)18(10-14)22-4)13-5-7-16(20)15(9-13)11-19(2)3/h5-10,12,20-21H,11H2,1-4H3. The number of hydrogen-bond donors (Lipinski definition) is 2. The zero-order valence-electron chi connectivity index (χ0n) is 13.5. The SMILES string of the molecule is COc1cc(C(C)c2ccc(O)c(CN(C)C)c2)ccc1O. The molecule has 2 rings (SSSR count). The van der Waals surface area contributed by atoms with Crippen LogP contribution in [0.15, 0.2) is 36.4 Å². The molecule has 118 valence electrons. The molecule has 0 heterocycles. The van der Waals surface area contributed by atoms with Crippen LogP contribution in [0.25, 0.3) is 0 Å². The van der Waals surface area contributed by atoms with E-state index in [1.807, 2.05) is 43.3 Å². The van der Waals surface area contributed by atoms with Crippen LogP contribution >= 0.6 is 0 Å². The van der Waals surface area contributed by atoms with E-state index in [4.69, 9.17) is 4.74 Å². The zero-order valence-corrected chi connectivity index (χ0v) is 13.5. The molecule has 1 atom stereocenters. The second-order valence-electron chi connectivity index (χ2n) is 5.78. The molecule has 0 radical (unpaired) electrons. The average molecular weight is 301 g/mol. The van der Waals surface area contributed by atoms with Crippen LogP contribution < -0.4 is 4.74 Å². The molecular weight excluding hydrogens is 278 g/mol. The van der Waals surface area contributed by atoms with E-state index >= 15 is 0 Å². The largest absolute Gasteiger partial charge is 0.508 e. The van der Waals surface area contributed by atoms with Gasteiger partial charge in [-0.1, -0.05) is 25.1 Å². The van der Waals surface area contributed by atoms with Gasteiger partial charge in [0.2, 0.25) is 0 Å². The molecule has 0 aromatic heterocycles. The fourth-order valence-corrected chi connectivity index (χ4v) is 2.50. The fourth-order valence-electron chi connectivity index (χ4n) is 2.50. The highest BCUT2D eigenvalue weighted by atomic mass is 16.5. The van der Waals surface area contributed by atoms with Gasteiger partial charge in [-0.2, -0.15) is 0 Å². The minimum absolute atomic E-state index is 0.135. The maximum absolute atomic E-state index is 9.98. The molecule has 2 aromatic carbocycles. The number of hydrogen-bond acceptors (Lipinski definition) is 4. The number of phenolic OH excluding ortho intramolecular Hbond substituents is 2. The third-order valence-electron chi connectivity index (χ3n) is 3.79. The van der Waals surface area contributed by atoms with Crippen molar-refractivity contribution in [2.45, 2.75) is 19.4 Å². The fraction of sp³-hybridized carbons (Fsp3) is 0.333. The minimum Gasteiger partial charge on any atom is -0.508 e. The van der Waals surface area contributed by atoms with E-state index in [2.05, 4.69) is 6.92 Å². The molecule has 0 bridgehead atoms. The Kier molecular flexibility index (Phi) is 4.93. The van der Waals surface area contributed by atoms with Gasteiger partial charge in [-0.05, 0) is 43.4 Å². The lowest BCUT2D eigenvalue weighted by Crippen LogP contribution is -2.11. The van der Waals surface area contributed by atoms with E-state index in [9.17, 15) is 10.2 Å². The van der Waals surface area contributed by atoms with Crippen molar-refractivity contribution in [3.8, 4) is 17.2 Å². The summed E-state index contributed by atoms with van der Waals surface area (Å²) in [5.41, 5.74) is 3.07. The molecule has 4 nitrogen and oxygen atoms in total. The molecule has 2 N–H and O–H groups in total. The van der Waals surface area contributed by atoms with E-state index in [1.54, 1.807) is 19.2 Å². The summed E-state index contributed by atoms with van der Waals surface area (Å²) in [6.45, 7) is 2.78. The number of rotatable bonds is 5. The van der Waals surface area contributed by atoms with Gasteiger partial charge >= 0.3 is 0 Å². The summed E-state index contributed by atoms with van der Waals surface area (Å²) in [6.07, 6.45) is 0. The predicted octanol–water partition coefficient (Wildman–Crippen LogP) is 3.32. The van der Waals surface area contributed by atoms with E-state index in [-0.39, 0.29) is 11.7 Å². The van der Waals surface area contributed by atoms with Gasteiger partial charge < -0.3 is 19.8 Å². The number of methoxy groups -OCH3 is 1. The topological polar surface area (TPSA) is 52.9 Å². The Hall–Kier alpha value is -2.20. The van der Waals surface area contributed by atoms with Crippen LogP contribution in [0, 0.1) is 0 Å². The van der Waals surface area contributed by atoms with Gasteiger partial charge in [-0.3, -0.25) is 0 Å². The van der Waals surface area contributed by atoms with Crippen LogP contribution in [0.3, 0.4) is 0 Å². The van der Waals surface area contributed by atoms with Gasteiger partial charge in [0.1, 0.15) is 5.75 Å². The normalized spacial score (nSPS) is 12.4. The quantitative estimate of drug-likeness (QED) is 0.889. The van der Waals surface area contributed by atoms with Gasteiger partial charge in [0, 0.05) is 18.0 Å². The van der Waals surface area contributed by atoms with Gasteiger partial charge in [0.25, 0.3) is 0 Å². The number of phenols is 2. The predicted molar refractivity (Wildman–Crippen MR) is 87.7 cm³/mol. The Morgan fingerprint density at radius 1 is 1.00 bits per heavy atom. The van der Waals surface area contributed by atoms with Gasteiger partial charge in [0.05, 0.1) is 7.11 Å². The Morgan fingerprint density at radius 3 is 2.18 bits per heavy atom. The van der Waals surface area contributed by atoms with Gasteiger partial charge in [-0.25, -0.2) is 0 Å². The van der Waals surface area contributed by atoms with Crippen molar-refractivity contribution in [2.24, 2.45) is 0 Å². The highest BCUT2D eigenvalue weighted by Gasteiger charge is 2.13. The highest BCUT2D eigenvalue weighted by molar-refractivity contribution is 5.46. The lowest BCUT2D eigenvalue weighted by atomic mass is 9.91. The van der Waals surface area contributed by atoms with Crippen molar-refractivity contribution >= 4 is 0 Å². The van der Waals surface area contributed by atoms with Crippen molar-refractivity contribution < 1.29 is 14.9 Å². The van der Waals surface area contributed by atoms with Gasteiger partial charge in [0.15, 0.2) is 11.5 Å². The van der Waals surface area contributed by atoms with Crippen molar-refractivity contribution in [3.05, 3.63) is 53.1 Å². The lowest BCUT2D eigenvalue weighted by molar-refractivity contribution is 0.373. The molecule has 0 spiro atoms. The molecule has 0 saturated heterocycles. The van der Waals surface area contributed by atoms with E-state index in [1.165, 1.54) is 0 Å². The molecule has 0 aliphatic carbocycles. The highest BCUT2D eigenvalue weighted by Crippen LogP contribution is 2.33. The molecule has 2 aromatic rings. The molecular formula is C18H23NO3. The molecule has 0 amide bonds. The summed E-state index contributed by atoms with van der Waals surface area (Å²) in [5, 5.41) is 19.7. The maximum atomic E-state index is 9.98. The minimum atomic E-state index is 0.135. The first-order valence-corrected chi connectivity index (χ1v) is 7.25. The third kappa shape index (κ3) is 3.52. The molecule has 0 aliphatic heterocycles. The molecule has 0 saturated carbocycles. The van der Waals surface area contributed by atoms with E-state index in [0.29, 0.717) is 18.0 Å². The van der Waals surface area contributed by atoms with E-state index in [0.717, 1.165) is 16.7 Å². The molecule has 4 heteroatoms. The van der Waals surface area contributed by atoms with Crippen LogP contribution in [0.2, 0.25) is 0 Å². The molecule has 1 unspecified atom stereocenters. The second-order valence-corrected chi connectivity index (χ2v) is 5.78. The Labute approximate surface area is 131 Å². The molecule has 0 aliphatic rings. The smallest absolute Gasteiger partial charge is 0.160 e.